The summed E-state index contributed by atoms with van der Waals surface area (Å²) in [5.74, 6) is 0.235. The van der Waals surface area contributed by atoms with Crippen LogP contribution in [-0.4, -0.2) is 18.7 Å². The van der Waals surface area contributed by atoms with Crippen LogP contribution in [0.1, 0.15) is 13.8 Å². The number of carbonyl (C=O) groups is 1. The molecule has 0 bridgehead atoms. The number of methoxy groups -OCH3 is 1. The van der Waals surface area contributed by atoms with Crippen molar-refractivity contribution < 1.29 is 14.3 Å². The average Bonchev–Trinajstić information content (AvgIpc) is 2.20. The van der Waals surface area contributed by atoms with Crippen molar-refractivity contribution in [2.75, 3.05) is 7.11 Å². The van der Waals surface area contributed by atoms with E-state index in [1.807, 2.05) is 12.1 Å². The van der Waals surface area contributed by atoms with E-state index in [-0.39, 0.29) is 0 Å². The Bertz CT molecular complexity index is 343. The highest BCUT2D eigenvalue weighted by Crippen LogP contribution is 2.21. The van der Waals surface area contributed by atoms with Gasteiger partial charge in [-0.25, -0.2) is 4.79 Å². The molecule has 0 fully saturated rings. The summed E-state index contributed by atoms with van der Waals surface area (Å²) in [6, 6.07) is 7.27. The number of hydrogen-bond acceptors (Lipinski definition) is 3. The maximum atomic E-state index is 11.3. The van der Waals surface area contributed by atoms with Crippen molar-refractivity contribution in [3.05, 3.63) is 28.7 Å². The first-order valence-corrected chi connectivity index (χ1v) is 5.28. The van der Waals surface area contributed by atoms with Crippen molar-refractivity contribution in [2.24, 2.45) is 0 Å². The van der Waals surface area contributed by atoms with Gasteiger partial charge in [0, 0.05) is 4.47 Å². The molecule has 0 radical (unpaired) electrons. The minimum atomic E-state index is -0.970. The van der Waals surface area contributed by atoms with Crippen molar-refractivity contribution in [3.8, 4) is 5.75 Å². The third kappa shape index (κ3) is 3.23. The van der Waals surface area contributed by atoms with Gasteiger partial charge in [-0.05, 0) is 38.1 Å². The predicted molar refractivity (Wildman–Crippen MR) is 60.9 cm³/mol. The summed E-state index contributed by atoms with van der Waals surface area (Å²) in [4.78, 5) is 11.3. The van der Waals surface area contributed by atoms with Gasteiger partial charge in [-0.2, -0.15) is 0 Å². The topological polar surface area (TPSA) is 35.5 Å². The van der Waals surface area contributed by atoms with E-state index in [4.69, 9.17) is 4.74 Å². The molecule has 0 aliphatic rings. The summed E-state index contributed by atoms with van der Waals surface area (Å²) in [6.07, 6.45) is 0. The summed E-state index contributed by atoms with van der Waals surface area (Å²) in [5, 5.41) is 0. The molecule has 0 N–H and O–H groups in total. The summed E-state index contributed by atoms with van der Waals surface area (Å²) >= 11 is 3.32. The van der Waals surface area contributed by atoms with Crippen LogP contribution in [0.2, 0.25) is 0 Å². The van der Waals surface area contributed by atoms with Crippen LogP contribution < -0.4 is 4.74 Å². The Labute approximate surface area is 97.5 Å². The minimum Gasteiger partial charge on any atom is -0.476 e. The highest BCUT2D eigenvalue weighted by Gasteiger charge is 2.30. The van der Waals surface area contributed by atoms with E-state index in [2.05, 4.69) is 20.7 Å². The van der Waals surface area contributed by atoms with Crippen molar-refractivity contribution >= 4 is 21.9 Å². The molecular formula is C11H13BrO3. The molecule has 3 nitrogen and oxygen atoms in total. The fourth-order valence-corrected chi connectivity index (χ4v) is 1.35. The van der Waals surface area contributed by atoms with Crippen molar-refractivity contribution in [3.63, 3.8) is 0 Å². The van der Waals surface area contributed by atoms with Crippen LogP contribution >= 0.6 is 15.9 Å². The lowest BCUT2D eigenvalue weighted by Crippen LogP contribution is -2.39. The lowest BCUT2D eigenvalue weighted by atomic mass is 10.1. The van der Waals surface area contributed by atoms with Gasteiger partial charge in [0.2, 0.25) is 0 Å². The Morgan fingerprint density at radius 2 is 1.80 bits per heavy atom. The van der Waals surface area contributed by atoms with Gasteiger partial charge in [-0.1, -0.05) is 15.9 Å². The van der Waals surface area contributed by atoms with Gasteiger partial charge in [-0.3, -0.25) is 0 Å². The third-order valence-corrected chi connectivity index (χ3v) is 2.39. The smallest absolute Gasteiger partial charge is 0.349 e. The molecule has 0 heterocycles. The van der Waals surface area contributed by atoms with Crippen LogP contribution in [0, 0.1) is 0 Å². The van der Waals surface area contributed by atoms with Crippen LogP contribution in [-0.2, 0) is 9.53 Å². The van der Waals surface area contributed by atoms with Gasteiger partial charge in [0.05, 0.1) is 7.11 Å². The molecule has 0 unspecified atom stereocenters. The molecule has 4 heteroatoms. The molecule has 1 aromatic rings. The molecule has 0 aliphatic heterocycles. The molecule has 15 heavy (non-hydrogen) atoms. The lowest BCUT2D eigenvalue weighted by Gasteiger charge is -2.23. The van der Waals surface area contributed by atoms with Crippen LogP contribution in [0.5, 0.6) is 5.75 Å². The largest absolute Gasteiger partial charge is 0.476 e. The van der Waals surface area contributed by atoms with Gasteiger partial charge in [-0.15, -0.1) is 0 Å². The number of carbonyl (C=O) groups excluding carboxylic acids is 1. The van der Waals surface area contributed by atoms with Crippen molar-refractivity contribution in [1.29, 1.82) is 0 Å². The standard InChI is InChI=1S/C11H13BrO3/c1-11(2,10(13)14-3)15-9-6-4-8(12)5-7-9/h4-7H,1-3H3. The van der Waals surface area contributed by atoms with E-state index < -0.39 is 11.6 Å². The number of halogens is 1. The van der Waals surface area contributed by atoms with E-state index in [0.717, 1.165) is 4.47 Å². The predicted octanol–water partition coefficient (Wildman–Crippen LogP) is 2.78. The summed E-state index contributed by atoms with van der Waals surface area (Å²) in [5.41, 5.74) is -0.970. The minimum absolute atomic E-state index is 0.398. The van der Waals surface area contributed by atoms with Crippen LogP contribution in [0.4, 0.5) is 0 Å². The van der Waals surface area contributed by atoms with Gasteiger partial charge in [0.1, 0.15) is 5.75 Å². The van der Waals surface area contributed by atoms with Crippen molar-refractivity contribution in [1.82, 2.24) is 0 Å². The summed E-state index contributed by atoms with van der Waals surface area (Å²) < 4.78 is 11.1. The van der Waals surface area contributed by atoms with E-state index in [1.165, 1.54) is 7.11 Å². The molecule has 1 rings (SSSR count). The first-order valence-electron chi connectivity index (χ1n) is 4.49. The Morgan fingerprint density at radius 1 is 1.27 bits per heavy atom. The first kappa shape index (κ1) is 12.0. The molecule has 0 aromatic heterocycles. The fourth-order valence-electron chi connectivity index (χ4n) is 1.08. The highest BCUT2D eigenvalue weighted by molar-refractivity contribution is 9.10. The van der Waals surface area contributed by atoms with Crippen molar-refractivity contribution in [2.45, 2.75) is 19.4 Å². The SMILES string of the molecule is COC(=O)C(C)(C)Oc1ccc(Br)cc1. The lowest BCUT2D eigenvalue weighted by molar-refractivity contribution is -0.156. The molecule has 82 valence electrons. The van der Waals surface area contributed by atoms with Gasteiger partial charge >= 0.3 is 5.97 Å². The monoisotopic (exact) mass is 272 g/mol. The van der Waals surface area contributed by atoms with E-state index in [9.17, 15) is 4.79 Å². The Kier molecular flexibility index (Phi) is 3.74. The molecule has 0 amide bonds. The Morgan fingerprint density at radius 3 is 2.27 bits per heavy atom. The maximum absolute atomic E-state index is 11.3. The van der Waals surface area contributed by atoms with Crippen LogP contribution in [0.25, 0.3) is 0 Å². The second-order valence-electron chi connectivity index (χ2n) is 3.56. The van der Waals surface area contributed by atoms with E-state index in [0.29, 0.717) is 5.75 Å². The Hall–Kier alpha value is -1.03. The van der Waals surface area contributed by atoms with Gasteiger partial charge in [0.15, 0.2) is 5.60 Å². The average molecular weight is 273 g/mol. The number of hydrogen-bond donors (Lipinski definition) is 0. The molecule has 0 atom stereocenters. The molecule has 0 saturated heterocycles. The fraction of sp³-hybridized carbons (Fsp3) is 0.364. The van der Waals surface area contributed by atoms with Gasteiger partial charge < -0.3 is 9.47 Å². The highest BCUT2D eigenvalue weighted by atomic mass is 79.9. The first-order chi connectivity index (χ1) is 6.95. The number of rotatable bonds is 3. The van der Waals surface area contributed by atoms with Crippen LogP contribution in [0.3, 0.4) is 0 Å². The van der Waals surface area contributed by atoms with E-state index in [1.54, 1.807) is 26.0 Å². The zero-order valence-corrected chi connectivity index (χ0v) is 10.5. The second-order valence-corrected chi connectivity index (χ2v) is 4.47. The number of ether oxygens (including phenoxy) is 2. The zero-order chi connectivity index (χ0) is 11.5. The number of esters is 1. The Balaban J connectivity index is 2.77. The molecule has 0 saturated carbocycles. The normalized spacial score (nSPS) is 10.9. The van der Waals surface area contributed by atoms with E-state index >= 15 is 0 Å². The maximum Gasteiger partial charge on any atom is 0.349 e. The molecule has 1 aromatic carbocycles. The van der Waals surface area contributed by atoms with Crippen LogP contribution in [0.15, 0.2) is 28.7 Å². The molecule has 0 aliphatic carbocycles. The van der Waals surface area contributed by atoms with Gasteiger partial charge in [0.25, 0.3) is 0 Å². The summed E-state index contributed by atoms with van der Waals surface area (Å²) in [7, 11) is 1.34. The quantitative estimate of drug-likeness (QED) is 0.794. The molecule has 0 spiro atoms. The second kappa shape index (κ2) is 4.66. The summed E-state index contributed by atoms with van der Waals surface area (Å²) in [6.45, 7) is 3.34. The zero-order valence-electron chi connectivity index (χ0n) is 8.91. The number of benzene rings is 1. The molecular weight excluding hydrogens is 260 g/mol. The third-order valence-electron chi connectivity index (χ3n) is 1.86.